The zero-order valence-electron chi connectivity index (χ0n) is 11.0. The van der Waals surface area contributed by atoms with Gasteiger partial charge in [-0.3, -0.25) is 0 Å². The second-order valence-electron chi connectivity index (χ2n) is 4.71. The van der Waals surface area contributed by atoms with E-state index in [-0.39, 0.29) is 0 Å². The maximum atomic E-state index is 5.73. The molecule has 1 aliphatic rings. The quantitative estimate of drug-likeness (QED) is 0.783. The Morgan fingerprint density at radius 2 is 2.33 bits per heavy atom. The van der Waals surface area contributed by atoms with Crippen molar-refractivity contribution in [3.63, 3.8) is 0 Å². The molecule has 4 nitrogen and oxygen atoms in total. The number of halogens is 1. The molecule has 0 saturated carbocycles. The summed E-state index contributed by atoms with van der Waals surface area (Å²) < 4.78 is 6.53. The highest BCUT2D eigenvalue weighted by molar-refractivity contribution is 9.10. The first-order chi connectivity index (χ1) is 8.69. The van der Waals surface area contributed by atoms with Crippen molar-refractivity contribution in [2.45, 2.75) is 38.6 Å². The van der Waals surface area contributed by atoms with E-state index in [1.807, 2.05) is 13.0 Å². The van der Waals surface area contributed by atoms with Crippen molar-refractivity contribution < 1.29 is 4.74 Å². The van der Waals surface area contributed by atoms with Crippen molar-refractivity contribution in [1.29, 1.82) is 0 Å². The third-order valence-corrected chi connectivity index (χ3v) is 3.81. The summed E-state index contributed by atoms with van der Waals surface area (Å²) in [7, 11) is 2.19. The predicted molar refractivity (Wildman–Crippen MR) is 74.9 cm³/mol. The van der Waals surface area contributed by atoms with Crippen molar-refractivity contribution in [3.05, 3.63) is 16.5 Å². The molecule has 18 heavy (non-hydrogen) atoms. The normalized spacial score (nSPS) is 20.3. The molecule has 1 unspecified atom stereocenters. The van der Waals surface area contributed by atoms with E-state index in [1.54, 1.807) is 0 Å². The van der Waals surface area contributed by atoms with Gasteiger partial charge in [0.25, 0.3) is 0 Å². The van der Waals surface area contributed by atoms with Crippen LogP contribution in [0.2, 0.25) is 0 Å². The summed E-state index contributed by atoms with van der Waals surface area (Å²) in [6, 6.07) is 2.50. The summed E-state index contributed by atoms with van der Waals surface area (Å²) in [4.78, 5) is 11.0. The van der Waals surface area contributed by atoms with Crippen LogP contribution in [0.25, 0.3) is 0 Å². The van der Waals surface area contributed by atoms with Gasteiger partial charge < -0.3 is 9.64 Å². The average Bonchev–Trinajstić information content (AvgIpc) is 2.74. The maximum Gasteiger partial charge on any atom is 0.217 e. The van der Waals surface area contributed by atoms with Gasteiger partial charge >= 0.3 is 0 Å². The molecule has 0 aliphatic carbocycles. The Hall–Kier alpha value is -0.680. The summed E-state index contributed by atoms with van der Waals surface area (Å²) >= 11 is 3.38. The minimum atomic E-state index is 0.668. The number of hydrogen-bond donors (Lipinski definition) is 0. The fraction of sp³-hybridized carbons (Fsp3) is 0.692. The van der Waals surface area contributed by atoms with Gasteiger partial charge in [0.2, 0.25) is 5.88 Å². The van der Waals surface area contributed by atoms with E-state index in [0.717, 1.165) is 29.9 Å². The molecular formula is C13H20BrN3O. The highest BCUT2D eigenvalue weighted by Gasteiger charge is 2.20. The van der Waals surface area contributed by atoms with E-state index in [1.165, 1.54) is 19.4 Å². The van der Waals surface area contributed by atoms with Gasteiger partial charge in [-0.05, 0) is 48.8 Å². The van der Waals surface area contributed by atoms with E-state index in [9.17, 15) is 0 Å². The molecule has 1 saturated heterocycles. The topological polar surface area (TPSA) is 38.2 Å². The summed E-state index contributed by atoms with van der Waals surface area (Å²) in [5.74, 6) is 1.49. The average molecular weight is 314 g/mol. The second kappa shape index (κ2) is 6.48. The number of aryl methyl sites for hydroxylation is 1. The van der Waals surface area contributed by atoms with Crippen LogP contribution in [0.1, 0.15) is 32.0 Å². The first-order valence-electron chi connectivity index (χ1n) is 6.55. The number of aromatic nitrogens is 2. The van der Waals surface area contributed by atoms with Gasteiger partial charge in [-0.15, -0.1) is 0 Å². The van der Waals surface area contributed by atoms with E-state index in [2.05, 4.69) is 37.8 Å². The SMILES string of the molecule is CCc1nc(Br)cc(OCCC2CCCN2C)n1. The van der Waals surface area contributed by atoms with Crippen LogP contribution in [0.4, 0.5) is 0 Å². The van der Waals surface area contributed by atoms with Crippen LogP contribution in [-0.4, -0.2) is 41.1 Å². The number of ether oxygens (including phenoxy) is 1. The van der Waals surface area contributed by atoms with Crippen LogP contribution < -0.4 is 4.74 Å². The van der Waals surface area contributed by atoms with Crippen molar-refractivity contribution >= 4 is 15.9 Å². The van der Waals surface area contributed by atoms with Gasteiger partial charge in [0.05, 0.1) is 6.61 Å². The Balaban J connectivity index is 1.84. The van der Waals surface area contributed by atoms with E-state index in [0.29, 0.717) is 11.9 Å². The van der Waals surface area contributed by atoms with Gasteiger partial charge in [-0.1, -0.05) is 6.92 Å². The van der Waals surface area contributed by atoms with Crippen LogP contribution in [-0.2, 0) is 6.42 Å². The Morgan fingerprint density at radius 3 is 3.00 bits per heavy atom. The van der Waals surface area contributed by atoms with Crippen LogP contribution in [0, 0.1) is 0 Å². The van der Waals surface area contributed by atoms with Crippen molar-refractivity contribution in [1.82, 2.24) is 14.9 Å². The second-order valence-corrected chi connectivity index (χ2v) is 5.52. The minimum Gasteiger partial charge on any atom is -0.477 e. The fourth-order valence-electron chi connectivity index (χ4n) is 2.32. The molecule has 1 fully saturated rings. The molecular weight excluding hydrogens is 294 g/mol. The standard InChI is InChI=1S/C13H20BrN3O/c1-3-12-15-11(14)9-13(16-12)18-8-6-10-5-4-7-17(10)2/h9-10H,3-8H2,1-2H3. The van der Waals surface area contributed by atoms with Crippen LogP contribution in [0.3, 0.4) is 0 Å². The summed E-state index contributed by atoms with van der Waals surface area (Å²) in [5, 5.41) is 0. The van der Waals surface area contributed by atoms with Gasteiger partial charge in [-0.2, -0.15) is 4.98 Å². The Kier molecular flexibility index (Phi) is 4.95. The van der Waals surface area contributed by atoms with E-state index in [4.69, 9.17) is 4.74 Å². The molecule has 2 heterocycles. The molecule has 1 aromatic heterocycles. The number of likely N-dealkylation sites (tertiary alicyclic amines) is 1. The van der Waals surface area contributed by atoms with E-state index >= 15 is 0 Å². The summed E-state index contributed by atoms with van der Waals surface area (Å²) in [6.07, 6.45) is 4.48. The van der Waals surface area contributed by atoms with Gasteiger partial charge in [0, 0.05) is 18.5 Å². The molecule has 0 spiro atoms. The number of hydrogen-bond acceptors (Lipinski definition) is 4. The zero-order valence-corrected chi connectivity index (χ0v) is 12.6. The lowest BCUT2D eigenvalue weighted by Crippen LogP contribution is -2.26. The molecule has 1 aromatic rings. The molecule has 0 radical (unpaired) electrons. The van der Waals surface area contributed by atoms with Crippen LogP contribution >= 0.6 is 15.9 Å². The Labute approximate surface area is 117 Å². The molecule has 5 heteroatoms. The van der Waals surface area contributed by atoms with Gasteiger partial charge in [0.15, 0.2) is 0 Å². The molecule has 0 bridgehead atoms. The lowest BCUT2D eigenvalue weighted by Gasteiger charge is -2.19. The highest BCUT2D eigenvalue weighted by Crippen LogP contribution is 2.19. The first-order valence-corrected chi connectivity index (χ1v) is 7.35. The molecule has 1 aliphatic heterocycles. The third-order valence-electron chi connectivity index (χ3n) is 3.41. The fourth-order valence-corrected chi connectivity index (χ4v) is 2.72. The first kappa shape index (κ1) is 13.7. The third kappa shape index (κ3) is 3.65. The maximum absolute atomic E-state index is 5.73. The summed E-state index contributed by atoms with van der Waals surface area (Å²) in [6.45, 7) is 3.98. The number of nitrogens with zero attached hydrogens (tertiary/aromatic N) is 3. The highest BCUT2D eigenvalue weighted by atomic mass is 79.9. The molecule has 1 atom stereocenters. The van der Waals surface area contributed by atoms with Crippen molar-refractivity contribution in [2.24, 2.45) is 0 Å². The smallest absolute Gasteiger partial charge is 0.217 e. The Bertz CT molecular complexity index is 400. The monoisotopic (exact) mass is 313 g/mol. The van der Waals surface area contributed by atoms with Crippen molar-refractivity contribution in [2.75, 3.05) is 20.2 Å². The van der Waals surface area contributed by atoms with Crippen LogP contribution in [0.5, 0.6) is 5.88 Å². The molecule has 0 amide bonds. The Morgan fingerprint density at radius 1 is 1.50 bits per heavy atom. The lowest BCUT2D eigenvalue weighted by molar-refractivity contribution is 0.228. The zero-order chi connectivity index (χ0) is 13.0. The predicted octanol–water partition coefficient (Wildman–Crippen LogP) is 2.66. The molecule has 2 rings (SSSR count). The summed E-state index contributed by atoms with van der Waals surface area (Å²) in [5.41, 5.74) is 0. The van der Waals surface area contributed by atoms with Gasteiger partial charge in [-0.25, -0.2) is 4.98 Å². The van der Waals surface area contributed by atoms with Crippen molar-refractivity contribution in [3.8, 4) is 5.88 Å². The molecule has 100 valence electrons. The largest absolute Gasteiger partial charge is 0.477 e. The van der Waals surface area contributed by atoms with Gasteiger partial charge in [0.1, 0.15) is 10.4 Å². The number of rotatable bonds is 5. The molecule has 0 N–H and O–H groups in total. The lowest BCUT2D eigenvalue weighted by atomic mass is 10.1. The minimum absolute atomic E-state index is 0.668. The van der Waals surface area contributed by atoms with E-state index < -0.39 is 0 Å². The molecule has 0 aromatic carbocycles. The van der Waals surface area contributed by atoms with Crippen LogP contribution in [0.15, 0.2) is 10.7 Å².